The van der Waals surface area contributed by atoms with Gasteiger partial charge in [0.1, 0.15) is 16.9 Å². The molecule has 193 valence electrons. The molecular formula is C36H23BNO3. The van der Waals surface area contributed by atoms with Crippen LogP contribution in [0.1, 0.15) is 0 Å². The first-order chi connectivity index (χ1) is 20.3. The lowest BCUT2D eigenvalue weighted by atomic mass is 9.98. The monoisotopic (exact) mass is 528 g/mol. The van der Waals surface area contributed by atoms with Gasteiger partial charge in [-0.1, -0.05) is 84.9 Å². The third-order valence-corrected chi connectivity index (χ3v) is 7.87. The van der Waals surface area contributed by atoms with Crippen LogP contribution in [0, 0.1) is 0 Å². The molecule has 0 amide bonds. The summed E-state index contributed by atoms with van der Waals surface area (Å²) >= 11 is 0. The minimum absolute atomic E-state index is 0.585. The summed E-state index contributed by atoms with van der Waals surface area (Å²) in [6, 6.07) is 46.0. The summed E-state index contributed by atoms with van der Waals surface area (Å²) in [6.07, 6.45) is 0. The fourth-order valence-electron chi connectivity index (χ4n) is 5.99. The number of rotatable bonds is 5. The van der Waals surface area contributed by atoms with Crippen LogP contribution >= 0.6 is 0 Å². The third-order valence-electron chi connectivity index (χ3n) is 7.87. The minimum atomic E-state index is 0.585. The van der Waals surface area contributed by atoms with Gasteiger partial charge in [0.25, 0.3) is 0 Å². The molecule has 1 N–H and O–H groups in total. The highest BCUT2D eigenvalue weighted by Gasteiger charge is 2.15. The highest BCUT2D eigenvalue weighted by Crippen LogP contribution is 2.38. The predicted molar refractivity (Wildman–Crippen MR) is 168 cm³/mol. The van der Waals surface area contributed by atoms with Gasteiger partial charge >= 0.3 is 7.69 Å². The standard InChI is InChI=1S/C36H23BNO3/c39-37-41-27-18-20-34-32(22-27)31-21-25(17-19-33(31)38(34)26-7-2-1-3-8-26)23-13-15-24(16-14-23)28-10-6-11-30-29-9-4-5-12-35(29)40-36(28)30/h1-22,39H. The van der Waals surface area contributed by atoms with E-state index in [2.05, 4.69) is 83.4 Å². The number of hydrogen-bond donors (Lipinski definition) is 1. The van der Waals surface area contributed by atoms with E-state index in [-0.39, 0.29) is 0 Å². The molecule has 0 spiro atoms. The van der Waals surface area contributed by atoms with E-state index in [1.165, 1.54) is 0 Å². The van der Waals surface area contributed by atoms with Gasteiger partial charge in [0.15, 0.2) is 0 Å². The normalized spacial score (nSPS) is 11.5. The molecule has 0 aliphatic heterocycles. The summed E-state index contributed by atoms with van der Waals surface area (Å²) < 4.78 is 13.9. The van der Waals surface area contributed by atoms with Crippen LogP contribution in [0.15, 0.2) is 138 Å². The van der Waals surface area contributed by atoms with Gasteiger partial charge in [-0.3, -0.25) is 0 Å². The Morgan fingerprint density at radius 3 is 2.07 bits per heavy atom. The molecule has 0 bridgehead atoms. The largest absolute Gasteiger partial charge is 0.569 e. The molecule has 2 heterocycles. The van der Waals surface area contributed by atoms with Gasteiger partial charge in [0.05, 0.1) is 11.0 Å². The van der Waals surface area contributed by atoms with Crippen molar-refractivity contribution in [3.05, 3.63) is 133 Å². The van der Waals surface area contributed by atoms with E-state index in [0.29, 0.717) is 5.75 Å². The van der Waals surface area contributed by atoms with Crippen molar-refractivity contribution >= 4 is 51.4 Å². The van der Waals surface area contributed by atoms with E-state index >= 15 is 0 Å². The van der Waals surface area contributed by atoms with Gasteiger partial charge in [-0.15, -0.1) is 0 Å². The number of benzene rings is 6. The van der Waals surface area contributed by atoms with E-state index in [4.69, 9.17) is 9.07 Å². The van der Waals surface area contributed by atoms with Crippen LogP contribution in [0.5, 0.6) is 5.75 Å². The second-order valence-electron chi connectivity index (χ2n) is 10.2. The molecule has 0 atom stereocenters. The molecular weight excluding hydrogens is 505 g/mol. The Kier molecular flexibility index (Phi) is 5.44. The van der Waals surface area contributed by atoms with Gasteiger partial charge in [-0.25, -0.2) is 0 Å². The van der Waals surface area contributed by atoms with Crippen molar-refractivity contribution in [1.82, 2.24) is 4.57 Å². The molecule has 0 unspecified atom stereocenters. The van der Waals surface area contributed by atoms with Crippen LogP contribution in [0.3, 0.4) is 0 Å². The van der Waals surface area contributed by atoms with E-state index < -0.39 is 0 Å². The van der Waals surface area contributed by atoms with Crippen molar-refractivity contribution in [1.29, 1.82) is 0 Å². The van der Waals surface area contributed by atoms with Gasteiger partial charge in [-0.2, -0.15) is 0 Å². The van der Waals surface area contributed by atoms with Crippen molar-refractivity contribution < 1.29 is 14.1 Å². The minimum Gasteiger partial charge on any atom is -0.537 e. The molecule has 1 radical (unpaired) electrons. The summed E-state index contributed by atoms with van der Waals surface area (Å²) in [6.45, 7) is 0. The summed E-state index contributed by atoms with van der Waals surface area (Å²) in [5, 5.41) is 13.7. The first-order valence-corrected chi connectivity index (χ1v) is 13.6. The molecule has 0 saturated heterocycles. The van der Waals surface area contributed by atoms with Gasteiger partial charge < -0.3 is 18.7 Å². The molecule has 2 aromatic heterocycles. The van der Waals surface area contributed by atoms with Gasteiger partial charge in [0.2, 0.25) is 0 Å². The Bertz CT molecular complexity index is 2210. The maximum absolute atomic E-state index is 9.22. The van der Waals surface area contributed by atoms with E-state index in [1.54, 1.807) is 0 Å². The maximum Gasteiger partial charge on any atom is 0.569 e. The molecule has 4 nitrogen and oxygen atoms in total. The number of para-hydroxylation sites is 3. The summed E-state index contributed by atoms with van der Waals surface area (Å²) in [5.41, 5.74) is 9.53. The lowest BCUT2D eigenvalue weighted by Gasteiger charge is -2.09. The highest BCUT2D eigenvalue weighted by molar-refractivity contribution is 6.18. The average molecular weight is 528 g/mol. The van der Waals surface area contributed by atoms with E-state index in [9.17, 15) is 5.02 Å². The number of aromatic nitrogens is 1. The fourth-order valence-corrected chi connectivity index (χ4v) is 5.99. The van der Waals surface area contributed by atoms with E-state index in [1.807, 2.05) is 54.6 Å². The molecule has 0 saturated carbocycles. The third kappa shape index (κ3) is 3.82. The molecule has 5 heteroatoms. The van der Waals surface area contributed by atoms with Crippen molar-refractivity contribution in [2.75, 3.05) is 0 Å². The average Bonchev–Trinajstić information content (AvgIpc) is 3.57. The fraction of sp³-hybridized carbons (Fsp3) is 0. The molecule has 8 rings (SSSR count). The Labute approximate surface area is 237 Å². The zero-order valence-electron chi connectivity index (χ0n) is 22.0. The predicted octanol–water partition coefficient (Wildman–Crippen LogP) is 8.92. The second-order valence-corrected chi connectivity index (χ2v) is 10.2. The Balaban J connectivity index is 1.25. The van der Waals surface area contributed by atoms with Crippen LogP contribution in [0.4, 0.5) is 0 Å². The number of fused-ring (bicyclic) bond motifs is 6. The molecule has 6 aromatic carbocycles. The van der Waals surface area contributed by atoms with Crippen molar-refractivity contribution in [2.24, 2.45) is 0 Å². The molecule has 0 aliphatic carbocycles. The smallest absolute Gasteiger partial charge is 0.537 e. The van der Waals surface area contributed by atoms with Crippen LogP contribution < -0.4 is 4.65 Å². The number of furan rings is 1. The maximum atomic E-state index is 9.22. The summed E-state index contributed by atoms with van der Waals surface area (Å²) in [4.78, 5) is 0. The quantitative estimate of drug-likeness (QED) is 0.227. The molecule has 8 aromatic rings. The molecule has 41 heavy (non-hydrogen) atoms. The van der Waals surface area contributed by atoms with Crippen LogP contribution in [0.2, 0.25) is 0 Å². The van der Waals surface area contributed by atoms with Gasteiger partial charge in [-0.05, 0) is 65.2 Å². The van der Waals surface area contributed by atoms with Crippen molar-refractivity contribution in [2.45, 2.75) is 0 Å². The van der Waals surface area contributed by atoms with Crippen LogP contribution in [-0.2, 0) is 0 Å². The zero-order chi connectivity index (χ0) is 27.3. The number of hydrogen-bond acceptors (Lipinski definition) is 3. The van der Waals surface area contributed by atoms with Crippen LogP contribution in [0.25, 0.3) is 71.7 Å². The highest BCUT2D eigenvalue weighted by atomic mass is 16.5. The van der Waals surface area contributed by atoms with E-state index in [0.717, 1.165) is 79.4 Å². The van der Waals surface area contributed by atoms with Crippen LogP contribution in [-0.4, -0.2) is 17.3 Å². The summed E-state index contributed by atoms with van der Waals surface area (Å²) in [7, 11) is 0.719. The summed E-state index contributed by atoms with van der Waals surface area (Å²) in [5.74, 6) is 0.585. The van der Waals surface area contributed by atoms with Crippen molar-refractivity contribution in [3.63, 3.8) is 0 Å². The SMILES string of the molecule is O[B]Oc1ccc2c(c1)c1cc(-c3ccc(-c4cccc5c4oc4ccccc45)cc3)ccc1n2-c1ccccc1. The molecule has 0 fully saturated rings. The lowest BCUT2D eigenvalue weighted by Crippen LogP contribution is -1.99. The Morgan fingerprint density at radius 1 is 0.561 bits per heavy atom. The zero-order valence-corrected chi connectivity index (χ0v) is 22.0. The first kappa shape index (κ1) is 23.6. The number of nitrogens with zero attached hydrogens (tertiary/aromatic N) is 1. The topological polar surface area (TPSA) is 47.5 Å². The van der Waals surface area contributed by atoms with Crippen molar-refractivity contribution in [3.8, 4) is 33.7 Å². The first-order valence-electron chi connectivity index (χ1n) is 13.6. The Morgan fingerprint density at radius 2 is 1.24 bits per heavy atom. The second kappa shape index (κ2) is 9.44. The molecule has 0 aliphatic rings. The Hall–Kier alpha value is -5.26. The lowest BCUT2D eigenvalue weighted by molar-refractivity contribution is 0.454. The van der Waals surface area contributed by atoms with Gasteiger partial charge in [0, 0.05) is 32.8 Å².